The van der Waals surface area contributed by atoms with Crippen LogP contribution >= 0.6 is 0 Å². The van der Waals surface area contributed by atoms with Gasteiger partial charge in [-0.05, 0) is 33.1 Å². The van der Waals surface area contributed by atoms with Crippen molar-refractivity contribution in [1.82, 2.24) is 5.32 Å². The summed E-state index contributed by atoms with van der Waals surface area (Å²) >= 11 is 0. The van der Waals surface area contributed by atoms with Crippen LogP contribution in [0, 0.1) is 0 Å². The predicted molar refractivity (Wildman–Crippen MR) is 55.0 cm³/mol. The van der Waals surface area contributed by atoms with Crippen molar-refractivity contribution in [1.29, 1.82) is 0 Å². The van der Waals surface area contributed by atoms with E-state index in [1.54, 1.807) is 13.8 Å². The van der Waals surface area contributed by atoms with Crippen molar-refractivity contribution in [2.24, 2.45) is 5.73 Å². The largest absolute Gasteiger partial charge is 0.464 e. The van der Waals surface area contributed by atoms with E-state index in [0.717, 1.165) is 6.42 Å². The average molecular weight is 214 g/mol. The van der Waals surface area contributed by atoms with Crippen LogP contribution in [-0.4, -0.2) is 30.1 Å². The molecule has 15 heavy (non-hydrogen) atoms. The van der Waals surface area contributed by atoms with Gasteiger partial charge in [-0.3, -0.25) is 4.79 Å². The number of amides is 1. The molecule has 86 valence electrons. The highest BCUT2D eigenvalue weighted by Crippen LogP contribution is 2.29. The maximum Gasteiger partial charge on any atom is 0.328 e. The standard InChI is InChI=1S/C10H18N2O3/c1-3-15-8(13)7(2)12-9(14)10(11)5-4-6-10/h7H,3-6,11H2,1-2H3,(H,12,14). The quantitative estimate of drug-likeness (QED) is 0.642. The van der Waals surface area contributed by atoms with E-state index in [1.807, 2.05) is 0 Å². The monoisotopic (exact) mass is 214 g/mol. The molecule has 0 heterocycles. The summed E-state index contributed by atoms with van der Waals surface area (Å²) in [6.45, 7) is 3.63. The number of carbonyl (C=O) groups is 2. The van der Waals surface area contributed by atoms with Gasteiger partial charge in [0.1, 0.15) is 6.04 Å². The van der Waals surface area contributed by atoms with Gasteiger partial charge in [0, 0.05) is 0 Å². The lowest BCUT2D eigenvalue weighted by Crippen LogP contribution is -2.60. The van der Waals surface area contributed by atoms with Gasteiger partial charge in [-0.25, -0.2) is 4.79 Å². The fourth-order valence-corrected chi connectivity index (χ4v) is 1.45. The summed E-state index contributed by atoms with van der Waals surface area (Å²) in [4.78, 5) is 22.9. The molecule has 0 saturated heterocycles. The average Bonchev–Trinajstić information content (AvgIpc) is 2.14. The summed E-state index contributed by atoms with van der Waals surface area (Å²) in [6, 6.07) is -0.626. The minimum Gasteiger partial charge on any atom is -0.464 e. The van der Waals surface area contributed by atoms with Crippen molar-refractivity contribution in [2.75, 3.05) is 6.61 Å². The molecule has 5 nitrogen and oxygen atoms in total. The van der Waals surface area contributed by atoms with E-state index in [9.17, 15) is 9.59 Å². The maximum absolute atomic E-state index is 11.6. The number of carbonyl (C=O) groups excluding carboxylic acids is 2. The molecular weight excluding hydrogens is 196 g/mol. The smallest absolute Gasteiger partial charge is 0.328 e. The predicted octanol–water partition coefficient (Wildman–Crippen LogP) is -0.0644. The van der Waals surface area contributed by atoms with Gasteiger partial charge in [0.15, 0.2) is 0 Å². The Morgan fingerprint density at radius 1 is 1.53 bits per heavy atom. The Morgan fingerprint density at radius 3 is 2.53 bits per heavy atom. The van der Waals surface area contributed by atoms with Gasteiger partial charge < -0.3 is 15.8 Å². The first-order valence-electron chi connectivity index (χ1n) is 5.26. The van der Waals surface area contributed by atoms with Crippen LogP contribution in [0.2, 0.25) is 0 Å². The molecule has 1 amide bonds. The summed E-state index contributed by atoms with van der Waals surface area (Å²) in [6.07, 6.45) is 2.35. The van der Waals surface area contributed by atoms with Gasteiger partial charge in [-0.2, -0.15) is 0 Å². The molecule has 0 bridgehead atoms. The van der Waals surface area contributed by atoms with E-state index in [4.69, 9.17) is 10.5 Å². The molecule has 0 aliphatic heterocycles. The van der Waals surface area contributed by atoms with Gasteiger partial charge in [-0.1, -0.05) is 0 Å². The topological polar surface area (TPSA) is 81.4 Å². The Kier molecular flexibility index (Phi) is 3.68. The van der Waals surface area contributed by atoms with Gasteiger partial charge in [0.2, 0.25) is 5.91 Å². The Labute approximate surface area is 89.3 Å². The molecule has 5 heteroatoms. The van der Waals surface area contributed by atoms with E-state index >= 15 is 0 Å². The van der Waals surface area contributed by atoms with Crippen LogP contribution < -0.4 is 11.1 Å². The number of esters is 1. The lowest BCUT2D eigenvalue weighted by molar-refractivity contribution is -0.147. The summed E-state index contributed by atoms with van der Waals surface area (Å²) in [5.41, 5.74) is 5.04. The van der Waals surface area contributed by atoms with Crippen molar-refractivity contribution < 1.29 is 14.3 Å². The Bertz CT molecular complexity index is 261. The maximum atomic E-state index is 11.6. The molecule has 0 aromatic rings. The minimum atomic E-state index is -0.763. The number of nitrogens with two attached hydrogens (primary N) is 1. The van der Waals surface area contributed by atoms with Crippen LogP contribution in [0.4, 0.5) is 0 Å². The summed E-state index contributed by atoms with van der Waals surface area (Å²) in [7, 11) is 0. The lowest BCUT2D eigenvalue weighted by atomic mass is 9.77. The first-order valence-corrected chi connectivity index (χ1v) is 5.26. The normalized spacial score (nSPS) is 19.9. The van der Waals surface area contributed by atoms with Crippen molar-refractivity contribution in [3.63, 3.8) is 0 Å². The van der Waals surface area contributed by atoms with Crippen LogP contribution in [-0.2, 0) is 14.3 Å². The SMILES string of the molecule is CCOC(=O)C(C)NC(=O)C1(N)CCC1. The van der Waals surface area contributed by atoms with Crippen LogP contribution in [0.5, 0.6) is 0 Å². The highest BCUT2D eigenvalue weighted by Gasteiger charge is 2.41. The molecular formula is C10H18N2O3. The third-order valence-electron chi connectivity index (χ3n) is 2.69. The number of hydrogen-bond donors (Lipinski definition) is 2. The van der Waals surface area contributed by atoms with Gasteiger partial charge in [0.05, 0.1) is 12.1 Å². The molecule has 1 unspecified atom stereocenters. The molecule has 1 aliphatic carbocycles. The number of ether oxygens (including phenoxy) is 1. The molecule has 1 aliphatic rings. The molecule has 1 saturated carbocycles. The van der Waals surface area contributed by atoms with Gasteiger partial charge in [0.25, 0.3) is 0 Å². The van der Waals surface area contributed by atoms with Crippen LogP contribution in [0.15, 0.2) is 0 Å². The van der Waals surface area contributed by atoms with E-state index in [0.29, 0.717) is 19.4 Å². The molecule has 0 radical (unpaired) electrons. The molecule has 3 N–H and O–H groups in total. The fourth-order valence-electron chi connectivity index (χ4n) is 1.45. The molecule has 0 aromatic heterocycles. The van der Waals surface area contributed by atoms with E-state index in [-0.39, 0.29) is 5.91 Å². The number of hydrogen-bond acceptors (Lipinski definition) is 4. The second-order valence-corrected chi connectivity index (χ2v) is 3.96. The molecule has 1 rings (SSSR count). The molecule has 0 aromatic carbocycles. The third kappa shape index (κ3) is 2.68. The van der Waals surface area contributed by atoms with Crippen molar-refractivity contribution in [3.05, 3.63) is 0 Å². The summed E-state index contributed by atoms with van der Waals surface area (Å²) in [5.74, 6) is -0.678. The third-order valence-corrected chi connectivity index (χ3v) is 2.69. The summed E-state index contributed by atoms with van der Waals surface area (Å²) < 4.78 is 4.77. The van der Waals surface area contributed by atoms with Crippen LogP contribution in [0.3, 0.4) is 0 Å². The first kappa shape index (κ1) is 12.0. The van der Waals surface area contributed by atoms with Crippen molar-refractivity contribution in [3.8, 4) is 0 Å². The molecule has 1 fully saturated rings. The first-order chi connectivity index (χ1) is 6.99. The van der Waals surface area contributed by atoms with Crippen LogP contribution in [0.1, 0.15) is 33.1 Å². The van der Waals surface area contributed by atoms with E-state index in [2.05, 4.69) is 5.32 Å². The Hall–Kier alpha value is -1.10. The zero-order valence-corrected chi connectivity index (χ0v) is 9.21. The van der Waals surface area contributed by atoms with Crippen molar-refractivity contribution in [2.45, 2.75) is 44.7 Å². The van der Waals surface area contributed by atoms with Gasteiger partial charge >= 0.3 is 5.97 Å². The number of rotatable bonds is 4. The van der Waals surface area contributed by atoms with E-state index in [1.165, 1.54) is 0 Å². The fraction of sp³-hybridized carbons (Fsp3) is 0.800. The second kappa shape index (κ2) is 4.61. The Morgan fingerprint density at radius 2 is 2.13 bits per heavy atom. The van der Waals surface area contributed by atoms with Gasteiger partial charge in [-0.15, -0.1) is 0 Å². The zero-order chi connectivity index (χ0) is 11.5. The molecule has 0 spiro atoms. The second-order valence-electron chi connectivity index (χ2n) is 3.96. The van der Waals surface area contributed by atoms with E-state index < -0.39 is 17.6 Å². The zero-order valence-electron chi connectivity index (χ0n) is 9.21. The Balaban J connectivity index is 2.40. The number of nitrogens with one attached hydrogen (secondary N) is 1. The van der Waals surface area contributed by atoms with Crippen molar-refractivity contribution >= 4 is 11.9 Å². The van der Waals surface area contributed by atoms with Crippen LogP contribution in [0.25, 0.3) is 0 Å². The highest BCUT2D eigenvalue weighted by atomic mass is 16.5. The highest BCUT2D eigenvalue weighted by molar-refractivity contribution is 5.90. The minimum absolute atomic E-state index is 0.255. The summed E-state index contributed by atoms with van der Waals surface area (Å²) in [5, 5.41) is 2.57. The lowest BCUT2D eigenvalue weighted by Gasteiger charge is -2.36. The molecule has 1 atom stereocenters.